The van der Waals surface area contributed by atoms with E-state index < -0.39 is 17.7 Å². The summed E-state index contributed by atoms with van der Waals surface area (Å²) in [5.74, 6) is 0. The molecule has 1 aliphatic carbocycles. The Morgan fingerprint density at radius 2 is 1.77 bits per heavy atom. The van der Waals surface area contributed by atoms with E-state index in [0.717, 1.165) is 0 Å². The Morgan fingerprint density at radius 1 is 1.27 bits per heavy atom. The first-order valence-corrected chi connectivity index (χ1v) is 23.3. The van der Waals surface area contributed by atoms with Crippen LogP contribution in [0.15, 0.2) is 31.9 Å². The standard InChI is InChI=1S/C9H9BrP.C4H10N.2CH3.2ClH.H2Si.Zr/c1-6-3-7-5-9(10)11(2)8(7)4-6;1-4(2,3)5;;;;;;/h4-5,9H,1-2H3;5H,1-3H3;2*1H3;2*1H;1H2;/q;-1;;;;;;+1. The van der Waals surface area contributed by atoms with Crippen LogP contribution in [0.4, 0.5) is 0 Å². The maximum Gasteiger partial charge on any atom is -0.147 e. The Kier molecular flexibility index (Phi) is 7.76. The fraction of sp³-hybridized carbons (Fsp3) is 0.600. The number of nitrogens with one attached hydrogen (secondary N) is 1. The van der Waals surface area contributed by atoms with Gasteiger partial charge in [-0.2, -0.15) is 0 Å². The number of alkyl halides is 1. The van der Waals surface area contributed by atoms with Crippen molar-refractivity contribution in [3.63, 3.8) is 0 Å². The van der Waals surface area contributed by atoms with E-state index in [2.05, 4.69) is 81.8 Å². The minimum absolute atomic E-state index is 0. The van der Waals surface area contributed by atoms with Gasteiger partial charge < -0.3 is 0 Å². The van der Waals surface area contributed by atoms with Crippen LogP contribution in [0.5, 0.6) is 0 Å². The van der Waals surface area contributed by atoms with Crippen LogP contribution in [0.2, 0.25) is 9.26 Å². The van der Waals surface area contributed by atoms with Gasteiger partial charge in [-0.05, 0) is 0 Å². The molecule has 2 unspecified atom stereocenters. The Balaban J connectivity index is 0.00000220. The van der Waals surface area contributed by atoms with E-state index in [4.69, 9.17) is 0 Å². The third-order valence-electron chi connectivity index (χ3n) is 3.92. The zero-order valence-corrected chi connectivity index (χ0v) is 22.6. The molecule has 1 N–H and O–H groups in total. The normalized spacial score (nSPS) is 25.1. The molecule has 0 saturated carbocycles. The predicted molar refractivity (Wildman–Crippen MR) is 112 cm³/mol. The van der Waals surface area contributed by atoms with Crippen molar-refractivity contribution < 1.29 is 17.7 Å². The van der Waals surface area contributed by atoms with E-state index in [-0.39, 0.29) is 38.3 Å². The Morgan fingerprint density at radius 3 is 2.23 bits per heavy atom. The van der Waals surface area contributed by atoms with Gasteiger partial charge in [0.25, 0.3) is 0 Å². The Labute approximate surface area is 160 Å². The molecule has 0 radical (unpaired) electrons. The number of hydrogen-bond acceptors (Lipinski definition) is 1. The van der Waals surface area contributed by atoms with E-state index >= 15 is 0 Å². The first kappa shape index (κ1) is 23.8. The van der Waals surface area contributed by atoms with E-state index in [9.17, 15) is 0 Å². The van der Waals surface area contributed by atoms with Crippen molar-refractivity contribution in [3.8, 4) is 0 Å². The average molecular weight is 524 g/mol. The second-order valence-corrected chi connectivity index (χ2v) is 39.8. The third kappa shape index (κ3) is 4.69. The van der Waals surface area contributed by atoms with Crippen LogP contribution in [0.3, 0.4) is 0 Å². The molecular weight excluding hydrogens is 495 g/mol. The van der Waals surface area contributed by atoms with Gasteiger partial charge >= 0.3 is 137 Å². The molecule has 0 fully saturated rings. The molecule has 0 saturated heterocycles. The molecule has 0 spiro atoms. The molecule has 1 aliphatic heterocycles. The molecule has 0 aromatic heterocycles. The maximum absolute atomic E-state index is 4.07. The summed E-state index contributed by atoms with van der Waals surface area (Å²) in [5.41, 5.74) is 3.26. The van der Waals surface area contributed by atoms with Crippen LogP contribution < -0.4 is 3.26 Å². The summed E-state index contributed by atoms with van der Waals surface area (Å²) in [5, 5.41) is 1.61. The van der Waals surface area contributed by atoms with Crippen LogP contribution in [-0.4, -0.2) is 23.7 Å². The summed E-state index contributed by atoms with van der Waals surface area (Å²) in [6.07, 6.45) is 4.94. The van der Waals surface area contributed by atoms with E-state index in [1.165, 1.54) is 5.57 Å². The molecule has 2 atom stereocenters. The van der Waals surface area contributed by atoms with Crippen LogP contribution >= 0.6 is 48.7 Å². The van der Waals surface area contributed by atoms with Crippen molar-refractivity contribution in [2.45, 2.75) is 47.1 Å². The molecule has 1 heterocycles. The SMILES string of the molecule is CC1=[C]([Zr]([CH3])([CH3])(=[SiH2])[NH]C(C)(C)C)C2=CC(Br)P(C)C2=C1.Cl.Cl. The van der Waals surface area contributed by atoms with Gasteiger partial charge in [0.15, 0.2) is 0 Å². The number of fused-ring (bicyclic) bond motifs is 1. The van der Waals surface area contributed by atoms with Crippen LogP contribution in [0, 0.1) is 0 Å². The Hall–Kier alpha value is 1.77. The molecule has 0 bridgehead atoms. The third-order valence-corrected chi connectivity index (χ3v) is 20.6. The molecule has 0 amide bonds. The van der Waals surface area contributed by atoms with Crippen molar-refractivity contribution in [2.24, 2.45) is 0 Å². The smallest absolute Gasteiger partial charge is 0.147 e. The van der Waals surface area contributed by atoms with Gasteiger partial charge in [0.2, 0.25) is 0 Å². The molecule has 0 aromatic rings. The summed E-state index contributed by atoms with van der Waals surface area (Å²) in [7, 11) is -0.0701. The average Bonchev–Trinajstić information content (AvgIpc) is 2.60. The predicted octanol–water partition coefficient (Wildman–Crippen LogP) is 5.41. The van der Waals surface area contributed by atoms with E-state index in [1.807, 2.05) is 0 Å². The van der Waals surface area contributed by atoms with E-state index in [1.54, 1.807) is 14.2 Å². The van der Waals surface area contributed by atoms with Crippen LogP contribution in [0.25, 0.3) is 0 Å². The molecule has 128 valence electrons. The van der Waals surface area contributed by atoms with Crippen molar-refractivity contribution >= 4 is 55.5 Å². The Bertz CT molecular complexity index is 628. The number of allylic oxidation sites excluding steroid dienone is 6. The zero-order chi connectivity index (χ0) is 15.5. The minimum atomic E-state index is -3.07. The second kappa shape index (κ2) is 7.18. The summed E-state index contributed by atoms with van der Waals surface area (Å²) in [6, 6.07) is 0. The number of rotatable bonds is 2. The van der Waals surface area contributed by atoms with Gasteiger partial charge in [0.05, 0.1) is 0 Å². The fourth-order valence-electron chi connectivity index (χ4n) is 3.87. The summed E-state index contributed by atoms with van der Waals surface area (Å²) < 4.78 is 11.4. The largest absolute Gasteiger partial charge is 0.147 e. The van der Waals surface area contributed by atoms with E-state index in [0.29, 0.717) is 4.57 Å². The van der Waals surface area contributed by atoms with Gasteiger partial charge in [-0.1, -0.05) is 0 Å². The number of halogens is 3. The monoisotopic (exact) mass is 521 g/mol. The maximum atomic E-state index is 4.07. The molecule has 7 heteroatoms. The fourth-order valence-corrected chi connectivity index (χ4v) is 24.7. The first-order valence-electron chi connectivity index (χ1n) is 7.20. The van der Waals surface area contributed by atoms with Crippen molar-refractivity contribution in [2.75, 3.05) is 6.66 Å². The summed E-state index contributed by atoms with van der Waals surface area (Å²) >= 11 is 0.776. The van der Waals surface area contributed by atoms with Gasteiger partial charge in [0.1, 0.15) is 0 Å². The first-order chi connectivity index (χ1) is 8.80. The molecule has 22 heavy (non-hydrogen) atoms. The van der Waals surface area contributed by atoms with Crippen LogP contribution in [-0.2, 0) is 17.7 Å². The molecule has 2 aliphatic rings. The van der Waals surface area contributed by atoms with Crippen molar-refractivity contribution in [1.82, 2.24) is 3.26 Å². The second-order valence-electron chi connectivity index (χ2n) is 8.21. The summed E-state index contributed by atoms with van der Waals surface area (Å²) in [4.78, 5) is 0. The zero-order valence-electron chi connectivity index (χ0n) is 14.6. The summed E-state index contributed by atoms with van der Waals surface area (Å²) in [6.45, 7) is 13.9. The molecule has 1 nitrogen and oxygen atoms in total. The van der Waals surface area contributed by atoms with Crippen molar-refractivity contribution in [3.05, 3.63) is 31.9 Å². The molecule has 0 aromatic carbocycles. The van der Waals surface area contributed by atoms with Crippen molar-refractivity contribution in [1.29, 1.82) is 0 Å². The number of hydrogen-bond donors (Lipinski definition) is 1. The minimum Gasteiger partial charge on any atom is -0.147 e. The molecular formula is C15H29BrCl2NPSiZr. The van der Waals surface area contributed by atoms with Gasteiger partial charge in [-0.25, -0.2) is 0 Å². The van der Waals surface area contributed by atoms with Gasteiger partial charge in [0, 0.05) is 0 Å². The topological polar surface area (TPSA) is 12.0 Å². The van der Waals surface area contributed by atoms with Gasteiger partial charge in [-0.15, -0.1) is 24.8 Å². The quantitative estimate of drug-likeness (QED) is 0.290. The van der Waals surface area contributed by atoms with Crippen LogP contribution in [0.1, 0.15) is 27.7 Å². The van der Waals surface area contributed by atoms with Gasteiger partial charge in [-0.3, -0.25) is 0 Å². The molecule has 2 rings (SSSR count).